The molecule has 0 spiro atoms. The molecular formula is C15H22N2O3. The first-order chi connectivity index (χ1) is 9.56. The lowest BCUT2D eigenvalue weighted by Gasteiger charge is -2.36. The van der Waals surface area contributed by atoms with Gasteiger partial charge in [-0.2, -0.15) is 0 Å². The molecule has 1 aliphatic heterocycles. The minimum atomic E-state index is -1.36. The van der Waals surface area contributed by atoms with E-state index >= 15 is 0 Å². The predicted octanol–water partition coefficient (Wildman–Crippen LogP) is 1.04. The van der Waals surface area contributed by atoms with Crippen molar-refractivity contribution in [1.29, 1.82) is 0 Å². The number of carbonyl (C=O) groups is 1. The van der Waals surface area contributed by atoms with Crippen LogP contribution in [0.2, 0.25) is 0 Å². The summed E-state index contributed by atoms with van der Waals surface area (Å²) in [7, 11) is 1.72. The zero-order valence-corrected chi connectivity index (χ0v) is 11.8. The van der Waals surface area contributed by atoms with Gasteiger partial charge in [0.2, 0.25) is 0 Å². The molecule has 2 rings (SSSR count). The van der Waals surface area contributed by atoms with Crippen molar-refractivity contribution in [2.45, 2.75) is 24.5 Å². The molecule has 1 saturated heterocycles. The Morgan fingerprint density at radius 3 is 2.50 bits per heavy atom. The number of nitrogens with zero attached hydrogens (tertiary/aromatic N) is 1. The summed E-state index contributed by atoms with van der Waals surface area (Å²) in [6.45, 7) is 1.96. The topological polar surface area (TPSA) is 75.8 Å². The second-order valence-electron chi connectivity index (χ2n) is 5.35. The number of aliphatic carboxylic acids is 1. The van der Waals surface area contributed by atoms with Gasteiger partial charge in [0.05, 0.1) is 6.10 Å². The highest BCUT2D eigenvalue weighted by molar-refractivity contribution is 5.80. The summed E-state index contributed by atoms with van der Waals surface area (Å²) in [5.41, 5.74) is 5.47. The number of benzene rings is 1. The number of piperidine rings is 1. The number of carboxylic acid groups (broad SMARTS) is 1. The third-order valence-corrected chi connectivity index (χ3v) is 4.01. The number of hydrogen-bond acceptors (Lipinski definition) is 4. The van der Waals surface area contributed by atoms with Gasteiger partial charge in [-0.1, -0.05) is 30.3 Å². The molecular weight excluding hydrogens is 256 g/mol. The largest absolute Gasteiger partial charge is 0.480 e. The highest BCUT2D eigenvalue weighted by atomic mass is 16.5. The van der Waals surface area contributed by atoms with E-state index < -0.39 is 11.5 Å². The molecule has 1 unspecified atom stereocenters. The van der Waals surface area contributed by atoms with E-state index in [2.05, 4.69) is 4.90 Å². The molecule has 20 heavy (non-hydrogen) atoms. The molecule has 1 aliphatic rings. The van der Waals surface area contributed by atoms with Gasteiger partial charge in [-0.15, -0.1) is 0 Å². The first kappa shape index (κ1) is 15.0. The Balaban J connectivity index is 2.09. The van der Waals surface area contributed by atoms with E-state index in [9.17, 15) is 9.90 Å². The van der Waals surface area contributed by atoms with E-state index in [1.807, 2.05) is 18.2 Å². The lowest BCUT2D eigenvalue weighted by atomic mass is 9.89. The van der Waals surface area contributed by atoms with E-state index in [0.717, 1.165) is 25.9 Å². The first-order valence-electron chi connectivity index (χ1n) is 6.89. The normalized spacial score (nSPS) is 20.5. The maximum atomic E-state index is 11.6. The number of carboxylic acids is 1. The van der Waals surface area contributed by atoms with Crippen LogP contribution in [0.25, 0.3) is 0 Å². The number of hydrogen-bond donors (Lipinski definition) is 2. The molecule has 110 valence electrons. The fourth-order valence-corrected chi connectivity index (χ4v) is 2.67. The molecule has 1 heterocycles. The summed E-state index contributed by atoms with van der Waals surface area (Å²) >= 11 is 0. The third kappa shape index (κ3) is 3.17. The smallest absolute Gasteiger partial charge is 0.329 e. The average molecular weight is 278 g/mol. The fourth-order valence-electron chi connectivity index (χ4n) is 2.67. The van der Waals surface area contributed by atoms with Crippen molar-refractivity contribution in [3.8, 4) is 0 Å². The summed E-state index contributed by atoms with van der Waals surface area (Å²) in [4.78, 5) is 13.7. The van der Waals surface area contributed by atoms with Gasteiger partial charge in [-0.3, -0.25) is 0 Å². The fraction of sp³-hybridized carbons (Fsp3) is 0.533. The zero-order valence-electron chi connectivity index (χ0n) is 11.8. The highest BCUT2D eigenvalue weighted by Crippen LogP contribution is 2.22. The predicted molar refractivity (Wildman–Crippen MR) is 76.4 cm³/mol. The summed E-state index contributed by atoms with van der Waals surface area (Å²) in [6.07, 6.45) is 2.11. The minimum absolute atomic E-state index is 0.278. The molecule has 0 bridgehead atoms. The van der Waals surface area contributed by atoms with Gasteiger partial charge in [0.25, 0.3) is 0 Å². The van der Waals surface area contributed by atoms with Crippen LogP contribution in [-0.4, -0.2) is 48.8 Å². The summed E-state index contributed by atoms with van der Waals surface area (Å²) < 4.78 is 5.33. The van der Waals surface area contributed by atoms with E-state index in [4.69, 9.17) is 10.5 Å². The van der Waals surface area contributed by atoms with Crippen LogP contribution in [-0.2, 0) is 15.1 Å². The highest BCUT2D eigenvalue weighted by Gasteiger charge is 2.38. The number of likely N-dealkylation sites (tertiary alicyclic amines) is 1. The van der Waals surface area contributed by atoms with Gasteiger partial charge in [0.15, 0.2) is 5.54 Å². The van der Waals surface area contributed by atoms with Crippen molar-refractivity contribution in [1.82, 2.24) is 4.90 Å². The van der Waals surface area contributed by atoms with Crippen molar-refractivity contribution < 1.29 is 14.6 Å². The maximum absolute atomic E-state index is 11.6. The Labute approximate surface area is 119 Å². The molecule has 1 atom stereocenters. The number of rotatable bonds is 5. The number of methoxy groups -OCH3 is 1. The van der Waals surface area contributed by atoms with Crippen LogP contribution in [0.5, 0.6) is 0 Å². The van der Waals surface area contributed by atoms with Gasteiger partial charge < -0.3 is 20.5 Å². The van der Waals surface area contributed by atoms with Crippen LogP contribution >= 0.6 is 0 Å². The van der Waals surface area contributed by atoms with Gasteiger partial charge in [0, 0.05) is 26.7 Å². The number of nitrogens with two attached hydrogens (primary N) is 1. The van der Waals surface area contributed by atoms with Crippen molar-refractivity contribution in [2.24, 2.45) is 5.73 Å². The summed E-state index contributed by atoms with van der Waals surface area (Å²) in [6, 6.07) is 9.04. The number of ether oxygens (including phenoxy) is 1. The van der Waals surface area contributed by atoms with E-state index in [0.29, 0.717) is 12.1 Å². The second-order valence-corrected chi connectivity index (χ2v) is 5.35. The van der Waals surface area contributed by atoms with E-state index in [-0.39, 0.29) is 6.10 Å². The maximum Gasteiger partial charge on any atom is 0.329 e. The quantitative estimate of drug-likeness (QED) is 0.841. The van der Waals surface area contributed by atoms with Crippen molar-refractivity contribution in [3.05, 3.63) is 35.9 Å². The monoisotopic (exact) mass is 278 g/mol. The summed E-state index contributed by atoms with van der Waals surface area (Å²) in [5.74, 6) is -0.988. The lowest BCUT2D eigenvalue weighted by molar-refractivity contribution is -0.144. The molecule has 0 amide bonds. The van der Waals surface area contributed by atoms with E-state index in [1.54, 1.807) is 19.2 Å². The van der Waals surface area contributed by atoms with Crippen LogP contribution in [0.1, 0.15) is 18.4 Å². The van der Waals surface area contributed by atoms with Crippen LogP contribution in [0.15, 0.2) is 30.3 Å². The van der Waals surface area contributed by atoms with Gasteiger partial charge in [-0.05, 0) is 18.4 Å². The molecule has 0 aromatic heterocycles. The van der Waals surface area contributed by atoms with Crippen LogP contribution in [0.4, 0.5) is 0 Å². The van der Waals surface area contributed by atoms with Crippen LogP contribution in [0, 0.1) is 0 Å². The van der Waals surface area contributed by atoms with Crippen LogP contribution in [0.3, 0.4) is 0 Å². The Kier molecular flexibility index (Phi) is 4.75. The van der Waals surface area contributed by atoms with Gasteiger partial charge in [-0.25, -0.2) is 4.79 Å². The molecule has 0 aliphatic carbocycles. The van der Waals surface area contributed by atoms with Crippen molar-refractivity contribution in [2.75, 3.05) is 26.7 Å². The van der Waals surface area contributed by atoms with Crippen molar-refractivity contribution >= 4 is 5.97 Å². The Bertz CT molecular complexity index is 444. The van der Waals surface area contributed by atoms with Crippen LogP contribution < -0.4 is 5.73 Å². The second kappa shape index (κ2) is 6.35. The molecule has 5 heteroatoms. The molecule has 1 fully saturated rings. The molecule has 0 radical (unpaired) electrons. The SMILES string of the molecule is COC1CCN(CC(N)(C(=O)O)c2ccccc2)CC1. The molecule has 1 aromatic carbocycles. The molecule has 0 saturated carbocycles. The van der Waals surface area contributed by atoms with Gasteiger partial charge >= 0.3 is 5.97 Å². The van der Waals surface area contributed by atoms with Crippen molar-refractivity contribution in [3.63, 3.8) is 0 Å². The molecule has 3 N–H and O–H groups in total. The molecule has 1 aromatic rings. The standard InChI is InChI=1S/C15H22N2O3/c1-20-13-7-9-17(10-8-13)11-15(16,14(18)19)12-5-3-2-4-6-12/h2-6,13H,7-11,16H2,1H3,(H,18,19). The third-order valence-electron chi connectivity index (χ3n) is 4.01. The minimum Gasteiger partial charge on any atom is -0.480 e. The Morgan fingerprint density at radius 1 is 1.40 bits per heavy atom. The molecule has 5 nitrogen and oxygen atoms in total. The van der Waals surface area contributed by atoms with Gasteiger partial charge in [0.1, 0.15) is 0 Å². The zero-order chi connectivity index (χ0) is 14.6. The Morgan fingerprint density at radius 2 is 2.00 bits per heavy atom. The first-order valence-corrected chi connectivity index (χ1v) is 6.89. The van der Waals surface area contributed by atoms with E-state index in [1.165, 1.54) is 0 Å². The Hall–Kier alpha value is -1.43. The lowest BCUT2D eigenvalue weighted by Crippen LogP contribution is -2.55. The summed E-state index contributed by atoms with van der Waals surface area (Å²) in [5, 5.41) is 9.54. The average Bonchev–Trinajstić information content (AvgIpc) is 2.48.